The zero-order valence-corrected chi connectivity index (χ0v) is 16.4. The number of hydrogen-bond donors (Lipinski definition) is 2. The Balaban J connectivity index is 2.07. The van der Waals surface area contributed by atoms with Crippen LogP contribution >= 0.6 is 0 Å². The molecule has 0 saturated heterocycles. The third-order valence-electron chi connectivity index (χ3n) is 4.37. The van der Waals surface area contributed by atoms with E-state index in [1.54, 1.807) is 21.3 Å². The monoisotopic (exact) mass is 360 g/mol. The lowest BCUT2D eigenvalue weighted by Gasteiger charge is -2.32. The van der Waals surface area contributed by atoms with Crippen LogP contribution in [-0.2, 0) is 19.7 Å². The summed E-state index contributed by atoms with van der Waals surface area (Å²) in [4.78, 5) is 0. The molecule has 1 unspecified atom stereocenters. The zero-order chi connectivity index (χ0) is 18.3. The molecule has 0 amide bonds. The van der Waals surface area contributed by atoms with E-state index in [2.05, 4.69) is 48.6 Å². The molecule has 0 aliphatic rings. The van der Waals surface area contributed by atoms with Crippen LogP contribution in [0.3, 0.4) is 0 Å². The second kappa shape index (κ2) is 9.01. The topological polar surface area (TPSA) is 65.7 Å². The predicted molar refractivity (Wildman–Crippen MR) is 105 cm³/mol. The van der Waals surface area contributed by atoms with Crippen molar-refractivity contribution in [2.24, 2.45) is 0 Å². The highest BCUT2D eigenvalue weighted by Gasteiger charge is 2.46. The van der Waals surface area contributed by atoms with Gasteiger partial charge in [0.2, 0.25) is 0 Å². The second-order valence-corrected chi connectivity index (χ2v) is 9.07. The van der Waals surface area contributed by atoms with Gasteiger partial charge in [0.15, 0.2) is 0 Å². The molecule has 3 N–H and O–H groups in total. The van der Waals surface area contributed by atoms with Gasteiger partial charge >= 0.3 is 8.80 Å². The molecule has 0 bridgehead atoms. The summed E-state index contributed by atoms with van der Waals surface area (Å²) < 4.78 is 16.8. The highest BCUT2D eigenvalue weighted by Crippen LogP contribution is 2.21. The Morgan fingerprint density at radius 1 is 0.880 bits per heavy atom. The van der Waals surface area contributed by atoms with E-state index >= 15 is 0 Å². The number of anilines is 2. The van der Waals surface area contributed by atoms with Gasteiger partial charge in [0.05, 0.1) is 5.67 Å². The number of hydrogen-bond acceptors (Lipinski definition) is 5. The summed E-state index contributed by atoms with van der Waals surface area (Å²) in [6.45, 7) is 2.09. The fourth-order valence-electron chi connectivity index (χ4n) is 2.91. The summed E-state index contributed by atoms with van der Waals surface area (Å²) in [5.74, 6) is 0. The van der Waals surface area contributed by atoms with Crippen molar-refractivity contribution in [2.75, 3.05) is 32.4 Å². The molecule has 25 heavy (non-hydrogen) atoms. The van der Waals surface area contributed by atoms with Gasteiger partial charge in [-0.1, -0.05) is 31.2 Å². The quantitative estimate of drug-likeness (QED) is 0.529. The van der Waals surface area contributed by atoms with Crippen molar-refractivity contribution < 1.29 is 13.3 Å². The molecule has 0 fully saturated rings. The van der Waals surface area contributed by atoms with Crippen molar-refractivity contribution in [3.63, 3.8) is 0 Å². The first kappa shape index (κ1) is 19.5. The molecule has 2 aromatic rings. The molecule has 2 aromatic carbocycles. The first-order valence-corrected chi connectivity index (χ1v) is 10.2. The van der Waals surface area contributed by atoms with E-state index in [9.17, 15) is 0 Å². The van der Waals surface area contributed by atoms with Gasteiger partial charge in [-0.2, -0.15) is 0 Å². The molecule has 0 aliphatic carbocycles. The Morgan fingerprint density at radius 2 is 1.36 bits per heavy atom. The molecule has 0 aromatic heterocycles. The first-order chi connectivity index (χ1) is 12.1. The molecule has 0 radical (unpaired) electrons. The van der Waals surface area contributed by atoms with Crippen LogP contribution in [0.5, 0.6) is 0 Å². The van der Waals surface area contributed by atoms with E-state index < -0.39 is 8.80 Å². The Morgan fingerprint density at radius 3 is 1.80 bits per heavy atom. The number of nitrogens with one attached hydrogen (secondary N) is 1. The molecule has 0 aliphatic heterocycles. The maximum Gasteiger partial charge on any atom is 0.523 e. The summed E-state index contributed by atoms with van der Waals surface area (Å²) in [7, 11) is 2.18. The van der Waals surface area contributed by atoms with Crippen molar-refractivity contribution in [1.82, 2.24) is 0 Å². The van der Waals surface area contributed by atoms with E-state index in [0.717, 1.165) is 24.2 Å². The molecule has 1 atom stereocenters. The number of benzene rings is 2. The Bertz CT molecular complexity index is 634. The van der Waals surface area contributed by atoms with Crippen LogP contribution in [0.2, 0.25) is 0 Å². The first-order valence-electron chi connectivity index (χ1n) is 8.42. The SMILES string of the molecule is CCC(Nc1ccc(Cc2ccc(N)cc2)cc1)[Si](OC)(OC)OC. The summed E-state index contributed by atoms with van der Waals surface area (Å²) in [6.07, 6.45) is 1.72. The van der Waals surface area contributed by atoms with Crippen LogP contribution in [0, 0.1) is 0 Å². The van der Waals surface area contributed by atoms with Gasteiger partial charge in [-0.25, -0.2) is 0 Å². The van der Waals surface area contributed by atoms with Crippen molar-refractivity contribution in [1.29, 1.82) is 0 Å². The van der Waals surface area contributed by atoms with Crippen molar-refractivity contribution in [3.8, 4) is 0 Å². The maximum atomic E-state index is 5.73. The van der Waals surface area contributed by atoms with Crippen molar-refractivity contribution in [2.45, 2.75) is 25.4 Å². The van der Waals surface area contributed by atoms with Crippen LogP contribution in [0.4, 0.5) is 11.4 Å². The summed E-state index contributed by atoms with van der Waals surface area (Å²) in [5, 5.41) is 3.49. The lowest BCUT2D eigenvalue weighted by Crippen LogP contribution is -2.57. The highest BCUT2D eigenvalue weighted by atomic mass is 28.4. The van der Waals surface area contributed by atoms with Gasteiger partial charge in [-0.15, -0.1) is 0 Å². The molecule has 0 saturated carbocycles. The van der Waals surface area contributed by atoms with Crippen LogP contribution in [0.15, 0.2) is 48.5 Å². The number of nitrogen functional groups attached to an aromatic ring is 1. The fraction of sp³-hybridized carbons (Fsp3) is 0.368. The maximum absolute atomic E-state index is 5.73. The third kappa shape index (κ3) is 4.82. The largest absolute Gasteiger partial charge is 0.523 e. The van der Waals surface area contributed by atoms with Crippen LogP contribution in [-0.4, -0.2) is 35.8 Å². The lowest BCUT2D eigenvalue weighted by atomic mass is 10.0. The average Bonchev–Trinajstić information content (AvgIpc) is 2.65. The van der Waals surface area contributed by atoms with E-state index in [4.69, 9.17) is 19.0 Å². The molecule has 6 heteroatoms. The Hall–Kier alpha value is -1.86. The summed E-state index contributed by atoms with van der Waals surface area (Å²) >= 11 is 0. The minimum Gasteiger partial charge on any atom is -0.399 e. The molecule has 0 heterocycles. The predicted octanol–water partition coefficient (Wildman–Crippen LogP) is 3.47. The van der Waals surface area contributed by atoms with Gasteiger partial charge in [0.25, 0.3) is 0 Å². The molecule has 136 valence electrons. The summed E-state index contributed by atoms with van der Waals surface area (Å²) in [5.41, 5.74) is 10.0. The standard InChI is InChI=1S/C19H28N2O3Si/c1-5-19(25(22-2,23-3)24-4)21-18-12-8-16(9-13-18)14-15-6-10-17(20)11-7-15/h6-13,19,21H,5,14,20H2,1-4H3. The van der Waals surface area contributed by atoms with E-state index in [1.807, 2.05) is 12.1 Å². The molecule has 0 spiro atoms. The van der Waals surface area contributed by atoms with E-state index in [0.29, 0.717) is 0 Å². The van der Waals surface area contributed by atoms with E-state index in [-0.39, 0.29) is 5.67 Å². The van der Waals surface area contributed by atoms with Crippen molar-refractivity contribution >= 4 is 20.2 Å². The minimum absolute atomic E-state index is 0.00421. The summed E-state index contributed by atoms with van der Waals surface area (Å²) in [6, 6.07) is 16.4. The lowest BCUT2D eigenvalue weighted by molar-refractivity contribution is 0.115. The number of rotatable bonds is 9. The molecule has 2 rings (SSSR count). The molecule has 5 nitrogen and oxygen atoms in total. The minimum atomic E-state index is -2.73. The van der Waals surface area contributed by atoms with Crippen LogP contribution in [0.1, 0.15) is 24.5 Å². The van der Waals surface area contributed by atoms with Gasteiger partial charge < -0.3 is 24.3 Å². The van der Waals surface area contributed by atoms with Gasteiger partial charge in [0.1, 0.15) is 0 Å². The second-order valence-electron chi connectivity index (χ2n) is 5.94. The van der Waals surface area contributed by atoms with Gasteiger partial charge in [-0.05, 0) is 48.2 Å². The van der Waals surface area contributed by atoms with Crippen LogP contribution in [0.25, 0.3) is 0 Å². The Kier molecular flexibility index (Phi) is 7.01. The smallest absolute Gasteiger partial charge is 0.399 e. The van der Waals surface area contributed by atoms with E-state index in [1.165, 1.54) is 11.1 Å². The Labute approximate surface area is 151 Å². The zero-order valence-electron chi connectivity index (χ0n) is 15.4. The van der Waals surface area contributed by atoms with Gasteiger partial charge in [0, 0.05) is 32.7 Å². The fourth-order valence-corrected chi connectivity index (χ4v) is 5.11. The highest BCUT2D eigenvalue weighted by molar-refractivity contribution is 6.63. The third-order valence-corrected chi connectivity index (χ3v) is 7.48. The van der Waals surface area contributed by atoms with Crippen molar-refractivity contribution in [3.05, 3.63) is 59.7 Å². The molecular weight excluding hydrogens is 332 g/mol. The van der Waals surface area contributed by atoms with Gasteiger partial charge in [-0.3, -0.25) is 0 Å². The van der Waals surface area contributed by atoms with Crippen LogP contribution < -0.4 is 11.1 Å². The molecular formula is C19H28N2O3Si. The average molecular weight is 361 g/mol. The normalized spacial score (nSPS) is 12.8. The number of nitrogens with two attached hydrogens (primary N) is 1.